The summed E-state index contributed by atoms with van der Waals surface area (Å²) < 4.78 is 0. The molecule has 0 atom stereocenters. The molecule has 0 fully saturated rings. The minimum absolute atomic E-state index is 0.0296. The van der Waals surface area contributed by atoms with Gasteiger partial charge < -0.3 is 10.4 Å². The number of rotatable bonds is 4. The molecule has 0 aliphatic carbocycles. The number of nitro benzene ring substituents is 1. The molecule has 2 rings (SSSR count). The highest BCUT2D eigenvalue weighted by Gasteiger charge is 2.08. The first kappa shape index (κ1) is 14.1. The predicted octanol–water partition coefficient (Wildman–Crippen LogP) is 3.87. The number of halogens is 1. The Balaban J connectivity index is 2.15. The van der Waals surface area contributed by atoms with Crippen molar-refractivity contribution in [1.29, 1.82) is 0 Å². The van der Waals surface area contributed by atoms with Crippen LogP contribution in [0.5, 0.6) is 5.75 Å². The number of nitrogens with one attached hydrogen (secondary N) is 1. The van der Waals surface area contributed by atoms with Crippen molar-refractivity contribution in [3.63, 3.8) is 0 Å². The Bertz CT molecular complexity index is 659. The van der Waals surface area contributed by atoms with E-state index in [2.05, 4.69) is 5.32 Å². The van der Waals surface area contributed by atoms with E-state index in [1.54, 1.807) is 18.2 Å². The van der Waals surface area contributed by atoms with Gasteiger partial charge in [-0.05, 0) is 30.2 Å². The number of nitrogens with zero attached hydrogens (tertiary/aromatic N) is 1. The Morgan fingerprint density at radius 3 is 2.70 bits per heavy atom. The lowest BCUT2D eigenvalue weighted by Gasteiger charge is -2.10. The summed E-state index contributed by atoms with van der Waals surface area (Å²) in [6.07, 6.45) is 0. The van der Waals surface area contributed by atoms with Gasteiger partial charge in [-0.1, -0.05) is 23.7 Å². The summed E-state index contributed by atoms with van der Waals surface area (Å²) in [6.45, 7) is 2.33. The summed E-state index contributed by atoms with van der Waals surface area (Å²) >= 11 is 5.83. The number of aromatic hydroxyl groups is 1. The molecule has 2 N–H and O–H groups in total. The molecule has 2 aromatic rings. The zero-order valence-corrected chi connectivity index (χ0v) is 11.5. The number of benzene rings is 2. The highest BCUT2D eigenvalue weighted by Crippen LogP contribution is 2.25. The molecule has 5 nitrogen and oxygen atoms in total. The van der Waals surface area contributed by atoms with Gasteiger partial charge in [0.2, 0.25) is 0 Å². The summed E-state index contributed by atoms with van der Waals surface area (Å²) in [6, 6.07) is 9.57. The van der Waals surface area contributed by atoms with Gasteiger partial charge in [-0.25, -0.2) is 0 Å². The number of anilines is 1. The van der Waals surface area contributed by atoms with Gasteiger partial charge in [0.1, 0.15) is 5.75 Å². The van der Waals surface area contributed by atoms with Crippen LogP contribution in [0.3, 0.4) is 0 Å². The molecular weight excluding hydrogens is 280 g/mol. The van der Waals surface area contributed by atoms with Crippen LogP contribution in [0.15, 0.2) is 36.4 Å². The molecular formula is C14H13ClN2O3. The zero-order chi connectivity index (χ0) is 14.7. The van der Waals surface area contributed by atoms with Gasteiger partial charge >= 0.3 is 0 Å². The number of nitro groups is 1. The van der Waals surface area contributed by atoms with Crippen LogP contribution in [0.2, 0.25) is 5.02 Å². The first-order valence-electron chi connectivity index (χ1n) is 5.93. The van der Waals surface area contributed by atoms with Gasteiger partial charge in [-0.15, -0.1) is 0 Å². The Kier molecular flexibility index (Phi) is 4.10. The second-order valence-corrected chi connectivity index (χ2v) is 4.80. The lowest BCUT2D eigenvalue weighted by atomic mass is 10.1. The van der Waals surface area contributed by atoms with Crippen molar-refractivity contribution in [2.75, 3.05) is 5.32 Å². The Hall–Kier alpha value is -2.27. The topological polar surface area (TPSA) is 75.4 Å². The Morgan fingerprint density at radius 1 is 1.30 bits per heavy atom. The summed E-state index contributed by atoms with van der Waals surface area (Å²) in [5.41, 5.74) is 2.53. The average molecular weight is 293 g/mol. The van der Waals surface area contributed by atoms with Crippen LogP contribution in [-0.4, -0.2) is 10.0 Å². The number of hydrogen-bond acceptors (Lipinski definition) is 4. The largest absolute Gasteiger partial charge is 0.506 e. The average Bonchev–Trinajstić information content (AvgIpc) is 2.41. The van der Waals surface area contributed by atoms with Crippen molar-refractivity contribution in [3.05, 3.63) is 62.7 Å². The lowest BCUT2D eigenvalue weighted by molar-refractivity contribution is -0.384. The fraction of sp³-hybridized carbons (Fsp3) is 0.143. The summed E-state index contributed by atoms with van der Waals surface area (Å²) in [4.78, 5) is 10.3. The van der Waals surface area contributed by atoms with Crippen LogP contribution in [0.1, 0.15) is 11.1 Å². The van der Waals surface area contributed by atoms with E-state index >= 15 is 0 Å². The van der Waals surface area contributed by atoms with Crippen LogP contribution in [0.4, 0.5) is 11.4 Å². The van der Waals surface area contributed by atoms with E-state index in [0.717, 1.165) is 11.1 Å². The van der Waals surface area contributed by atoms with Crippen molar-refractivity contribution in [2.45, 2.75) is 13.5 Å². The van der Waals surface area contributed by atoms with Gasteiger partial charge in [-0.3, -0.25) is 10.1 Å². The van der Waals surface area contributed by atoms with Crippen LogP contribution < -0.4 is 5.32 Å². The van der Waals surface area contributed by atoms with E-state index in [0.29, 0.717) is 12.2 Å². The molecule has 0 amide bonds. The molecule has 0 spiro atoms. The molecule has 0 bridgehead atoms. The third-order valence-electron chi connectivity index (χ3n) is 2.93. The number of hydrogen-bond donors (Lipinski definition) is 2. The number of aryl methyl sites for hydroxylation is 1. The molecule has 6 heteroatoms. The monoisotopic (exact) mass is 292 g/mol. The van der Waals surface area contributed by atoms with Crippen LogP contribution in [0.25, 0.3) is 0 Å². The summed E-state index contributed by atoms with van der Waals surface area (Å²) in [7, 11) is 0. The highest BCUT2D eigenvalue weighted by atomic mass is 35.5. The van der Waals surface area contributed by atoms with E-state index < -0.39 is 4.92 Å². The van der Waals surface area contributed by atoms with Gasteiger partial charge in [0.25, 0.3) is 5.69 Å². The zero-order valence-electron chi connectivity index (χ0n) is 10.8. The van der Waals surface area contributed by atoms with Crippen molar-refractivity contribution in [3.8, 4) is 5.75 Å². The summed E-state index contributed by atoms with van der Waals surface area (Å²) in [5.74, 6) is 0.0296. The van der Waals surface area contributed by atoms with E-state index in [1.807, 2.05) is 6.92 Å². The molecule has 0 heterocycles. The maximum Gasteiger partial charge on any atom is 0.271 e. The van der Waals surface area contributed by atoms with E-state index in [4.69, 9.17) is 11.6 Å². The standard InChI is InChI=1S/C14H13ClN2O3/c1-9-2-4-11(17(19)20)7-13(9)16-8-10-3-5-14(18)12(15)6-10/h2-7,16,18H,8H2,1H3. The van der Waals surface area contributed by atoms with E-state index in [-0.39, 0.29) is 16.5 Å². The predicted molar refractivity (Wildman–Crippen MR) is 78.3 cm³/mol. The van der Waals surface area contributed by atoms with Crippen molar-refractivity contribution < 1.29 is 10.0 Å². The highest BCUT2D eigenvalue weighted by molar-refractivity contribution is 6.32. The SMILES string of the molecule is Cc1ccc([N+](=O)[O-])cc1NCc1ccc(O)c(Cl)c1. The lowest BCUT2D eigenvalue weighted by Crippen LogP contribution is -2.02. The normalized spacial score (nSPS) is 10.3. The van der Waals surface area contributed by atoms with Gasteiger partial charge in [0, 0.05) is 24.4 Å². The third kappa shape index (κ3) is 3.19. The minimum Gasteiger partial charge on any atom is -0.506 e. The first-order valence-corrected chi connectivity index (χ1v) is 6.31. The minimum atomic E-state index is -0.429. The second kappa shape index (κ2) is 5.79. The number of non-ortho nitro benzene ring substituents is 1. The molecule has 0 aliphatic heterocycles. The van der Waals surface area contributed by atoms with Crippen LogP contribution in [-0.2, 0) is 6.54 Å². The van der Waals surface area contributed by atoms with E-state index in [9.17, 15) is 15.2 Å². The fourth-order valence-corrected chi connectivity index (χ4v) is 1.97. The first-order chi connectivity index (χ1) is 9.47. The maximum atomic E-state index is 10.8. The van der Waals surface area contributed by atoms with Crippen molar-refractivity contribution in [1.82, 2.24) is 0 Å². The van der Waals surface area contributed by atoms with Crippen LogP contribution >= 0.6 is 11.6 Å². The number of phenols is 1. The van der Waals surface area contributed by atoms with Crippen LogP contribution in [0, 0.1) is 17.0 Å². The molecule has 0 radical (unpaired) electrons. The van der Waals surface area contributed by atoms with Gasteiger partial charge in [0.05, 0.1) is 9.95 Å². The molecule has 20 heavy (non-hydrogen) atoms. The molecule has 0 aliphatic rings. The van der Waals surface area contributed by atoms with Crippen molar-refractivity contribution in [2.24, 2.45) is 0 Å². The van der Waals surface area contributed by atoms with Crippen molar-refractivity contribution >= 4 is 23.0 Å². The Labute approximate surface area is 121 Å². The van der Waals surface area contributed by atoms with Gasteiger partial charge in [0.15, 0.2) is 0 Å². The molecule has 0 unspecified atom stereocenters. The Morgan fingerprint density at radius 2 is 2.05 bits per heavy atom. The fourth-order valence-electron chi connectivity index (χ4n) is 1.77. The second-order valence-electron chi connectivity index (χ2n) is 4.40. The molecule has 104 valence electrons. The smallest absolute Gasteiger partial charge is 0.271 e. The third-order valence-corrected chi connectivity index (χ3v) is 3.23. The number of phenolic OH excluding ortho intramolecular Hbond substituents is 1. The quantitative estimate of drug-likeness (QED) is 0.662. The molecule has 2 aromatic carbocycles. The molecule has 0 saturated carbocycles. The maximum absolute atomic E-state index is 10.8. The molecule has 0 aromatic heterocycles. The molecule has 0 saturated heterocycles. The summed E-state index contributed by atoms with van der Waals surface area (Å²) in [5, 5.41) is 23.5. The van der Waals surface area contributed by atoms with Gasteiger partial charge in [-0.2, -0.15) is 0 Å². The van der Waals surface area contributed by atoms with E-state index in [1.165, 1.54) is 18.2 Å².